The lowest BCUT2D eigenvalue weighted by molar-refractivity contribution is -0.139. The van der Waals surface area contributed by atoms with Crippen LogP contribution in [0.3, 0.4) is 0 Å². The average molecular weight is 415 g/mol. The second kappa shape index (κ2) is 10.4. The summed E-state index contributed by atoms with van der Waals surface area (Å²) in [5.74, 6) is -0.847. The number of rotatable bonds is 17. The van der Waals surface area contributed by atoms with E-state index in [1.54, 1.807) is 0 Å². The third-order valence-corrected chi connectivity index (χ3v) is 5.04. The Morgan fingerprint density at radius 1 is 0.793 bits per heavy atom. The highest BCUT2D eigenvalue weighted by atomic mass is 16.6. The van der Waals surface area contributed by atoms with E-state index >= 15 is 0 Å². The molecule has 164 valence electrons. The van der Waals surface area contributed by atoms with Gasteiger partial charge in [0.1, 0.15) is 42.5 Å². The van der Waals surface area contributed by atoms with Crippen molar-refractivity contribution in [2.75, 3.05) is 66.1 Å². The van der Waals surface area contributed by atoms with Crippen LogP contribution in [0.25, 0.3) is 0 Å². The molecule has 0 aromatic heterocycles. The van der Waals surface area contributed by atoms with E-state index in [2.05, 4.69) is 6.07 Å². The Labute approximate surface area is 169 Å². The number of hydrogen-bond donors (Lipinski definition) is 1. The van der Waals surface area contributed by atoms with Crippen LogP contribution in [0.2, 0.25) is 0 Å². The monoisotopic (exact) mass is 415 g/mol. The van der Waals surface area contributed by atoms with Crippen molar-refractivity contribution in [3.63, 3.8) is 0 Å². The zero-order chi connectivity index (χ0) is 20.1. The molecule has 8 unspecified atom stereocenters. The summed E-state index contributed by atoms with van der Waals surface area (Å²) in [6.07, 6.45) is -1.97. The van der Waals surface area contributed by atoms with Gasteiger partial charge in [0.05, 0.1) is 78.2 Å². The predicted molar refractivity (Wildman–Crippen MR) is 95.2 cm³/mol. The van der Waals surface area contributed by atoms with Crippen LogP contribution in [0.5, 0.6) is 0 Å². The molecule has 29 heavy (non-hydrogen) atoms. The molecule has 0 aromatic carbocycles. The molecule has 0 aliphatic carbocycles. The lowest BCUT2D eigenvalue weighted by atomic mass is 9.93. The van der Waals surface area contributed by atoms with Gasteiger partial charge in [-0.25, -0.2) is 0 Å². The van der Waals surface area contributed by atoms with E-state index in [0.29, 0.717) is 52.9 Å². The molecule has 0 saturated carbocycles. The fourth-order valence-electron chi connectivity index (χ4n) is 2.90. The standard InChI is InChI=1S/C19H29NO9/c20-1-16(17(21)10-22-2-12-4-24-12)19(29-9-15-7-27-15)18(28-8-14-6-26-14)11-23-3-13-5-25-13/h12-19,21H,2-11H2. The number of hydrogen-bond acceptors (Lipinski definition) is 10. The molecule has 4 fully saturated rings. The minimum Gasteiger partial charge on any atom is -0.389 e. The van der Waals surface area contributed by atoms with Crippen molar-refractivity contribution in [2.24, 2.45) is 5.92 Å². The lowest BCUT2D eigenvalue weighted by Crippen LogP contribution is -2.47. The number of aliphatic hydroxyl groups excluding tert-OH is 1. The van der Waals surface area contributed by atoms with Gasteiger partial charge in [-0.1, -0.05) is 0 Å². The minimum absolute atomic E-state index is 0.0189. The molecular formula is C19H29NO9. The van der Waals surface area contributed by atoms with E-state index in [1.165, 1.54) is 0 Å². The number of ether oxygens (including phenoxy) is 8. The van der Waals surface area contributed by atoms with Crippen molar-refractivity contribution in [1.82, 2.24) is 0 Å². The molecule has 4 rings (SSSR count). The third kappa shape index (κ3) is 7.71. The third-order valence-electron chi connectivity index (χ3n) is 5.04. The first-order valence-electron chi connectivity index (χ1n) is 10.2. The van der Waals surface area contributed by atoms with E-state index in [1.807, 2.05) is 0 Å². The lowest BCUT2D eigenvalue weighted by Gasteiger charge is -2.32. The summed E-state index contributed by atoms with van der Waals surface area (Å²) >= 11 is 0. The van der Waals surface area contributed by atoms with Gasteiger partial charge in [0.25, 0.3) is 0 Å². The highest BCUT2D eigenvalue weighted by Gasteiger charge is 2.39. The summed E-state index contributed by atoms with van der Waals surface area (Å²) in [4.78, 5) is 0. The van der Waals surface area contributed by atoms with Crippen LogP contribution in [0.1, 0.15) is 0 Å². The van der Waals surface area contributed by atoms with Crippen LogP contribution >= 0.6 is 0 Å². The summed E-state index contributed by atoms with van der Waals surface area (Å²) in [5, 5.41) is 20.4. The average Bonchev–Trinajstić information content (AvgIpc) is 3.57. The van der Waals surface area contributed by atoms with Gasteiger partial charge < -0.3 is 43.0 Å². The van der Waals surface area contributed by atoms with Gasteiger partial charge in [-0.15, -0.1) is 0 Å². The van der Waals surface area contributed by atoms with Gasteiger partial charge >= 0.3 is 0 Å². The zero-order valence-corrected chi connectivity index (χ0v) is 16.4. The first kappa shape index (κ1) is 21.4. The molecule has 4 aliphatic heterocycles. The summed E-state index contributed by atoms with van der Waals surface area (Å²) in [6.45, 7) is 4.49. The predicted octanol–water partition coefficient (Wildman–Crippen LogP) is -1.11. The smallest absolute Gasteiger partial charge is 0.108 e. The van der Waals surface area contributed by atoms with Crippen molar-refractivity contribution in [3.05, 3.63) is 0 Å². The van der Waals surface area contributed by atoms with E-state index in [0.717, 1.165) is 0 Å². The Kier molecular flexibility index (Phi) is 7.69. The van der Waals surface area contributed by atoms with Crippen molar-refractivity contribution < 1.29 is 43.0 Å². The Morgan fingerprint density at radius 3 is 1.79 bits per heavy atom. The van der Waals surface area contributed by atoms with Crippen LogP contribution in [0.4, 0.5) is 0 Å². The van der Waals surface area contributed by atoms with Crippen LogP contribution in [0.15, 0.2) is 0 Å². The molecule has 10 heteroatoms. The van der Waals surface area contributed by atoms with Crippen molar-refractivity contribution in [3.8, 4) is 6.07 Å². The van der Waals surface area contributed by atoms with Gasteiger partial charge in [0.2, 0.25) is 0 Å². The summed E-state index contributed by atoms with van der Waals surface area (Å²) < 4.78 is 43.9. The highest BCUT2D eigenvalue weighted by molar-refractivity contribution is 4.98. The van der Waals surface area contributed by atoms with E-state index < -0.39 is 24.2 Å². The number of nitrogens with zero attached hydrogens (tertiary/aromatic N) is 1. The fourth-order valence-corrected chi connectivity index (χ4v) is 2.90. The molecule has 0 aromatic rings. The largest absolute Gasteiger partial charge is 0.389 e. The number of nitriles is 1. The van der Waals surface area contributed by atoms with Crippen LogP contribution in [-0.4, -0.2) is 114 Å². The quantitative estimate of drug-likeness (QED) is 0.292. The second-order valence-electron chi connectivity index (χ2n) is 7.79. The minimum atomic E-state index is -1.03. The first-order valence-corrected chi connectivity index (χ1v) is 10.2. The number of aliphatic hydroxyl groups is 1. The Morgan fingerprint density at radius 2 is 1.28 bits per heavy atom. The zero-order valence-electron chi connectivity index (χ0n) is 16.4. The molecule has 1 N–H and O–H groups in total. The SMILES string of the molecule is N#CC(C(O)COCC1CO1)C(OCC1CO1)C(COCC1CO1)OCC1CO1. The van der Waals surface area contributed by atoms with Gasteiger partial charge in [-0.05, 0) is 0 Å². The molecule has 4 aliphatic rings. The van der Waals surface area contributed by atoms with Crippen LogP contribution in [0, 0.1) is 17.2 Å². The van der Waals surface area contributed by atoms with Crippen molar-refractivity contribution in [2.45, 2.75) is 42.7 Å². The maximum atomic E-state index is 10.6. The second-order valence-corrected chi connectivity index (χ2v) is 7.79. The molecule has 4 saturated heterocycles. The fraction of sp³-hybridized carbons (Fsp3) is 0.947. The van der Waals surface area contributed by atoms with Crippen molar-refractivity contribution >= 4 is 0 Å². The topological polar surface area (TPSA) is 131 Å². The van der Waals surface area contributed by atoms with Crippen LogP contribution < -0.4 is 0 Å². The van der Waals surface area contributed by atoms with E-state index in [-0.39, 0.29) is 37.6 Å². The van der Waals surface area contributed by atoms with Crippen LogP contribution in [-0.2, 0) is 37.9 Å². The summed E-state index contributed by atoms with van der Waals surface area (Å²) in [7, 11) is 0. The highest BCUT2D eigenvalue weighted by Crippen LogP contribution is 2.24. The van der Waals surface area contributed by atoms with Gasteiger partial charge in [-0.2, -0.15) is 5.26 Å². The first-order chi connectivity index (χ1) is 14.2. The molecule has 4 heterocycles. The van der Waals surface area contributed by atoms with E-state index in [4.69, 9.17) is 37.9 Å². The molecule has 0 bridgehead atoms. The molecule has 0 spiro atoms. The Bertz CT molecular complexity index is 542. The summed E-state index contributed by atoms with van der Waals surface area (Å²) in [6, 6.07) is 2.18. The van der Waals surface area contributed by atoms with Gasteiger partial charge in [0.15, 0.2) is 0 Å². The Hall–Kier alpha value is -0.870. The molecule has 10 nitrogen and oxygen atoms in total. The summed E-state index contributed by atoms with van der Waals surface area (Å²) in [5.41, 5.74) is 0. The molecular weight excluding hydrogens is 386 g/mol. The molecule has 8 atom stereocenters. The number of epoxide rings is 4. The molecule has 0 amide bonds. The normalized spacial score (nSPS) is 33.4. The van der Waals surface area contributed by atoms with Gasteiger partial charge in [-0.3, -0.25) is 0 Å². The van der Waals surface area contributed by atoms with Crippen molar-refractivity contribution in [1.29, 1.82) is 5.26 Å². The van der Waals surface area contributed by atoms with E-state index in [9.17, 15) is 10.4 Å². The molecule has 0 radical (unpaired) electrons. The Balaban J connectivity index is 1.35. The van der Waals surface area contributed by atoms with Gasteiger partial charge in [0, 0.05) is 0 Å². The maximum Gasteiger partial charge on any atom is 0.108 e. The maximum absolute atomic E-state index is 10.6.